The van der Waals surface area contributed by atoms with Crippen LogP contribution in [0.3, 0.4) is 0 Å². The highest BCUT2D eigenvalue weighted by Gasteiger charge is 2.08. The van der Waals surface area contributed by atoms with Crippen molar-refractivity contribution in [1.29, 1.82) is 0 Å². The number of halogens is 1. The molecule has 0 bridgehead atoms. The average Bonchev–Trinajstić information content (AvgIpc) is 2.50. The Bertz CT molecular complexity index is 717. The lowest BCUT2D eigenvalue weighted by atomic mass is 10.2. The Morgan fingerprint density at radius 3 is 2.17 bits per heavy atom. The predicted octanol–water partition coefficient (Wildman–Crippen LogP) is 3.95. The highest BCUT2D eigenvalue weighted by molar-refractivity contribution is 6.30. The summed E-state index contributed by atoms with van der Waals surface area (Å²) in [7, 11) is 1.48. The van der Waals surface area contributed by atoms with Crippen LogP contribution in [0.1, 0.15) is 6.92 Å². The SMILES string of the molecule is COc1cc(NC(=O)Nc2ccc(Cl)cc2)ccc1NC(C)=O. The van der Waals surface area contributed by atoms with Gasteiger partial charge in [0.1, 0.15) is 5.75 Å². The molecule has 120 valence electrons. The molecule has 3 N–H and O–H groups in total. The Labute approximate surface area is 138 Å². The van der Waals surface area contributed by atoms with Gasteiger partial charge in [-0.2, -0.15) is 0 Å². The van der Waals surface area contributed by atoms with Gasteiger partial charge in [0, 0.05) is 29.4 Å². The van der Waals surface area contributed by atoms with Gasteiger partial charge in [0.15, 0.2) is 0 Å². The number of rotatable bonds is 4. The van der Waals surface area contributed by atoms with E-state index in [-0.39, 0.29) is 5.91 Å². The number of hydrogen-bond acceptors (Lipinski definition) is 3. The number of carbonyl (C=O) groups excluding carboxylic acids is 2. The minimum atomic E-state index is -0.401. The second kappa shape index (κ2) is 7.51. The van der Waals surface area contributed by atoms with E-state index in [0.717, 1.165) is 0 Å². The quantitative estimate of drug-likeness (QED) is 0.792. The first-order chi connectivity index (χ1) is 11.0. The van der Waals surface area contributed by atoms with Crippen LogP contribution >= 0.6 is 11.6 Å². The summed E-state index contributed by atoms with van der Waals surface area (Å²) in [5.41, 5.74) is 1.68. The lowest BCUT2D eigenvalue weighted by Gasteiger charge is -2.12. The third-order valence-electron chi connectivity index (χ3n) is 2.87. The largest absolute Gasteiger partial charge is 0.494 e. The number of nitrogens with one attached hydrogen (secondary N) is 3. The smallest absolute Gasteiger partial charge is 0.323 e. The topological polar surface area (TPSA) is 79.5 Å². The summed E-state index contributed by atoms with van der Waals surface area (Å²) in [6.07, 6.45) is 0. The first-order valence-corrected chi connectivity index (χ1v) is 7.15. The van der Waals surface area contributed by atoms with Gasteiger partial charge in [-0.05, 0) is 36.4 Å². The number of benzene rings is 2. The molecule has 3 amide bonds. The van der Waals surface area contributed by atoms with Gasteiger partial charge in [-0.15, -0.1) is 0 Å². The fourth-order valence-corrected chi connectivity index (χ4v) is 2.01. The maximum Gasteiger partial charge on any atom is 0.323 e. The van der Waals surface area contributed by atoms with Crippen LogP contribution < -0.4 is 20.7 Å². The molecular formula is C16H16ClN3O3. The summed E-state index contributed by atoms with van der Waals surface area (Å²) in [6, 6.07) is 11.3. The highest BCUT2D eigenvalue weighted by Crippen LogP contribution is 2.28. The van der Waals surface area contributed by atoms with Crippen LogP contribution in [-0.4, -0.2) is 19.0 Å². The van der Waals surface area contributed by atoms with E-state index in [1.54, 1.807) is 42.5 Å². The monoisotopic (exact) mass is 333 g/mol. The number of ether oxygens (including phenoxy) is 1. The van der Waals surface area contributed by atoms with Gasteiger partial charge >= 0.3 is 6.03 Å². The van der Waals surface area contributed by atoms with Crippen LogP contribution in [0.15, 0.2) is 42.5 Å². The lowest BCUT2D eigenvalue weighted by Crippen LogP contribution is -2.19. The van der Waals surface area contributed by atoms with Gasteiger partial charge in [0.2, 0.25) is 5.91 Å². The van der Waals surface area contributed by atoms with Crippen LogP contribution in [-0.2, 0) is 4.79 Å². The normalized spacial score (nSPS) is 9.87. The molecule has 0 spiro atoms. The lowest BCUT2D eigenvalue weighted by molar-refractivity contribution is -0.114. The predicted molar refractivity (Wildman–Crippen MR) is 91.4 cm³/mol. The highest BCUT2D eigenvalue weighted by atomic mass is 35.5. The maximum absolute atomic E-state index is 12.0. The number of amides is 3. The van der Waals surface area contributed by atoms with Gasteiger partial charge < -0.3 is 20.7 Å². The Hall–Kier alpha value is -2.73. The van der Waals surface area contributed by atoms with Crippen molar-refractivity contribution in [1.82, 2.24) is 0 Å². The first kappa shape index (κ1) is 16.6. The summed E-state index contributed by atoms with van der Waals surface area (Å²) in [5, 5.41) is 8.60. The van der Waals surface area contributed by atoms with Crippen LogP contribution in [0.25, 0.3) is 0 Å². The first-order valence-electron chi connectivity index (χ1n) is 6.77. The summed E-state index contributed by atoms with van der Waals surface area (Å²) in [5.74, 6) is 0.244. The van der Waals surface area contributed by atoms with Gasteiger partial charge in [-0.3, -0.25) is 4.79 Å². The number of carbonyl (C=O) groups is 2. The van der Waals surface area contributed by atoms with E-state index in [4.69, 9.17) is 16.3 Å². The number of methoxy groups -OCH3 is 1. The van der Waals surface area contributed by atoms with Gasteiger partial charge in [-0.25, -0.2) is 4.79 Å². The summed E-state index contributed by atoms with van der Waals surface area (Å²) < 4.78 is 5.20. The van der Waals surface area contributed by atoms with Crippen molar-refractivity contribution in [2.75, 3.05) is 23.1 Å². The fraction of sp³-hybridized carbons (Fsp3) is 0.125. The second-order valence-corrected chi connectivity index (χ2v) is 5.12. The van der Waals surface area contributed by atoms with E-state index in [9.17, 15) is 9.59 Å². The maximum atomic E-state index is 12.0. The number of urea groups is 1. The van der Waals surface area contributed by atoms with E-state index in [1.165, 1.54) is 14.0 Å². The molecule has 0 unspecified atom stereocenters. The molecule has 0 radical (unpaired) electrons. The molecule has 2 aromatic rings. The Balaban J connectivity index is 2.05. The molecule has 23 heavy (non-hydrogen) atoms. The Morgan fingerprint density at radius 2 is 1.57 bits per heavy atom. The van der Waals surface area contributed by atoms with Crippen molar-refractivity contribution < 1.29 is 14.3 Å². The standard InChI is InChI=1S/C16H16ClN3O3/c1-10(21)18-14-8-7-13(9-15(14)23-2)20-16(22)19-12-5-3-11(17)4-6-12/h3-9H,1-2H3,(H,18,21)(H2,19,20,22). The van der Waals surface area contributed by atoms with Crippen molar-refractivity contribution in [3.63, 3.8) is 0 Å². The molecule has 0 heterocycles. The zero-order valence-corrected chi connectivity index (χ0v) is 13.4. The molecule has 0 aliphatic rings. The summed E-state index contributed by atoms with van der Waals surface area (Å²) in [4.78, 5) is 23.1. The van der Waals surface area contributed by atoms with Crippen molar-refractivity contribution in [2.24, 2.45) is 0 Å². The Morgan fingerprint density at radius 1 is 0.957 bits per heavy atom. The molecule has 0 aliphatic heterocycles. The van der Waals surface area contributed by atoms with Crippen molar-refractivity contribution in [2.45, 2.75) is 6.92 Å². The number of hydrogen-bond donors (Lipinski definition) is 3. The van der Waals surface area contributed by atoms with Crippen LogP contribution in [0, 0.1) is 0 Å². The molecule has 0 fully saturated rings. The molecule has 0 aliphatic carbocycles. The molecule has 0 saturated heterocycles. The molecule has 2 rings (SSSR count). The molecule has 0 saturated carbocycles. The molecule has 6 nitrogen and oxygen atoms in total. The van der Waals surface area contributed by atoms with Crippen LogP contribution in [0.5, 0.6) is 5.75 Å². The molecular weight excluding hydrogens is 318 g/mol. The summed E-state index contributed by atoms with van der Waals surface area (Å²) >= 11 is 5.79. The van der Waals surface area contributed by atoms with E-state index in [1.807, 2.05) is 0 Å². The van der Waals surface area contributed by atoms with E-state index in [0.29, 0.717) is 27.8 Å². The van der Waals surface area contributed by atoms with Gasteiger partial charge in [-0.1, -0.05) is 11.6 Å². The third kappa shape index (κ3) is 4.89. The average molecular weight is 334 g/mol. The van der Waals surface area contributed by atoms with Gasteiger partial charge in [0.25, 0.3) is 0 Å². The van der Waals surface area contributed by atoms with E-state index in [2.05, 4.69) is 16.0 Å². The molecule has 0 aromatic heterocycles. The van der Waals surface area contributed by atoms with E-state index >= 15 is 0 Å². The van der Waals surface area contributed by atoms with Crippen LogP contribution in [0.2, 0.25) is 5.02 Å². The van der Waals surface area contributed by atoms with Crippen molar-refractivity contribution in [3.05, 3.63) is 47.5 Å². The third-order valence-corrected chi connectivity index (χ3v) is 3.12. The Kier molecular flexibility index (Phi) is 5.43. The number of anilines is 3. The zero-order valence-electron chi connectivity index (χ0n) is 12.6. The minimum absolute atomic E-state index is 0.204. The van der Waals surface area contributed by atoms with Crippen molar-refractivity contribution in [3.8, 4) is 5.75 Å². The zero-order chi connectivity index (χ0) is 16.8. The minimum Gasteiger partial charge on any atom is -0.494 e. The van der Waals surface area contributed by atoms with E-state index < -0.39 is 6.03 Å². The summed E-state index contributed by atoms with van der Waals surface area (Å²) in [6.45, 7) is 1.41. The van der Waals surface area contributed by atoms with Gasteiger partial charge in [0.05, 0.1) is 12.8 Å². The van der Waals surface area contributed by atoms with Crippen LogP contribution in [0.4, 0.5) is 21.9 Å². The molecule has 2 aromatic carbocycles. The fourth-order valence-electron chi connectivity index (χ4n) is 1.89. The molecule has 7 heteroatoms. The molecule has 0 atom stereocenters. The van der Waals surface area contributed by atoms with Crippen molar-refractivity contribution >= 4 is 40.6 Å². The second-order valence-electron chi connectivity index (χ2n) is 4.68.